The van der Waals surface area contributed by atoms with Gasteiger partial charge in [-0.2, -0.15) is 0 Å². The van der Waals surface area contributed by atoms with Gasteiger partial charge in [0.2, 0.25) is 0 Å². The van der Waals surface area contributed by atoms with Crippen LogP contribution in [-0.4, -0.2) is 24.6 Å². The van der Waals surface area contributed by atoms with Crippen LogP contribution in [0.1, 0.15) is 0 Å². The van der Waals surface area contributed by atoms with E-state index in [9.17, 15) is 8.42 Å². The molecular weight excluding hydrogens is 422 g/mol. The van der Waals surface area contributed by atoms with Crippen LogP contribution >= 0.6 is 27.3 Å². The number of anilines is 1. The van der Waals surface area contributed by atoms with Crippen LogP contribution in [0, 0.1) is 0 Å². The Balaban J connectivity index is 1.95. The molecular formula is C17H12BrN3O2S2. The predicted molar refractivity (Wildman–Crippen MR) is 106 cm³/mol. The van der Waals surface area contributed by atoms with Gasteiger partial charge in [0.1, 0.15) is 0 Å². The zero-order valence-corrected chi connectivity index (χ0v) is 16.2. The Hall–Kier alpha value is -2.03. The third-order valence-electron chi connectivity index (χ3n) is 3.92. The summed E-state index contributed by atoms with van der Waals surface area (Å²) in [7, 11) is -3.36. The molecule has 2 aromatic heterocycles. The van der Waals surface area contributed by atoms with Gasteiger partial charge < -0.3 is 5.73 Å². The molecule has 2 aromatic carbocycles. The summed E-state index contributed by atoms with van der Waals surface area (Å²) in [5.74, 6) is 0. The molecule has 8 heteroatoms. The average Bonchev–Trinajstić information content (AvgIpc) is 3.00. The van der Waals surface area contributed by atoms with E-state index in [-0.39, 0.29) is 4.90 Å². The number of halogens is 1. The molecule has 0 saturated heterocycles. The van der Waals surface area contributed by atoms with Gasteiger partial charge >= 0.3 is 0 Å². The van der Waals surface area contributed by atoms with Crippen LogP contribution in [0.15, 0.2) is 51.3 Å². The lowest BCUT2D eigenvalue weighted by atomic mass is 10.1. The Morgan fingerprint density at radius 1 is 1.12 bits per heavy atom. The highest BCUT2D eigenvalue weighted by atomic mass is 79.9. The van der Waals surface area contributed by atoms with Gasteiger partial charge in [-0.15, -0.1) is 11.3 Å². The monoisotopic (exact) mass is 433 g/mol. The number of aromatic nitrogens is 2. The molecule has 0 amide bonds. The fourth-order valence-corrected chi connectivity index (χ4v) is 5.32. The molecule has 0 aliphatic heterocycles. The first-order valence-corrected chi connectivity index (χ1v) is 10.8. The molecule has 126 valence electrons. The first-order valence-electron chi connectivity index (χ1n) is 7.26. The van der Waals surface area contributed by atoms with E-state index in [1.165, 1.54) is 6.26 Å². The van der Waals surface area contributed by atoms with E-state index in [0.717, 1.165) is 21.5 Å². The Labute approximate surface area is 156 Å². The first-order chi connectivity index (χ1) is 11.8. The quantitative estimate of drug-likeness (QED) is 0.510. The summed E-state index contributed by atoms with van der Waals surface area (Å²) < 4.78 is 25.4. The molecule has 2 heterocycles. The summed E-state index contributed by atoms with van der Waals surface area (Å²) in [5, 5.41) is 0.613. The lowest BCUT2D eigenvalue weighted by Crippen LogP contribution is -2.00. The molecule has 0 bridgehead atoms. The summed E-state index contributed by atoms with van der Waals surface area (Å²) in [4.78, 5) is 9.18. The van der Waals surface area contributed by atoms with Crippen molar-refractivity contribution in [2.24, 2.45) is 0 Å². The summed E-state index contributed by atoms with van der Waals surface area (Å²) in [6.07, 6.45) is 1.17. The van der Waals surface area contributed by atoms with Crippen molar-refractivity contribution < 1.29 is 8.42 Å². The molecule has 5 nitrogen and oxygen atoms in total. The predicted octanol–water partition coefficient (Wildman–Crippen LogP) is 4.26. The molecule has 2 N–H and O–H groups in total. The van der Waals surface area contributed by atoms with E-state index in [1.807, 2.05) is 18.2 Å². The van der Waals surface area contributed by atoms with Gasteiger partial charge in [-0.05, 0) is 46.3 Å². The van der Waals surface area contributed by atoms with Gasteiger partial charge in [0.05, 0.1) is 31.8 Å². The van der Waals surface area contributed by atoms with Crippen LogP contribution in [-0.2, 0) is 9.84 Å². The maximum Gasteiger partial charge on any atom is 0.176 e. The SMILES string of the molecule is CS(=O)(=O)c1cc2c(N)cc(-c3ccc4scnc4c3)nc2cc1Br. The molecule has 25 heavy (non-hydrogen) atoms. The first kappa shape index (κ1) is 16.4. The highest BCUT2D eigenvalue weighted by molar-refractivity contribution is 9.10. The number of nitrogen functional groups attached to an aromatic ring is 1. The van der Waals surface area contributed by atoms with Gasteiger partial charge in [-0.3, -0.25) is 0 Å². The van der Waals surface area contributed by atoms with Crippen LogP contribution < -0.4 is 5.73 Å². The van der Waals surface area contributed by atoms with E-state index in [4.69, 9.17) is 5.73 Å². The van der Waals surface area contributed by atoms with Gasteiger partial charge in [0.15, 0.2) is 9.84 Å². The number of nitrogens with zero attached hydrogens (tertiary/aromatic N) is 2. The number of fused-ring (bicyclic) bond motifs is 2. The summed E-state index contributed by atoms with van der Waals surface area (Å²) in [5.41, 5.74) is 11.7. The Kier molecular flexibility index (Phi) is 3.78. The van der Waals surface area contributed by atoms with Crippen molar-refractivity contribution in [3.63, 3.8) is 0 Å². The smallest absolute Gasteiger partial charge is 0.176 e. The number of rotatable bonds is 2. The minimum atomic E-state index is -3.36. The Morgan fingerprint density at radius 2 is 1.92 bits per heavy atom. The van der Waals surface area contributed by atoms with Crippen molar-refractivity contribution in [2.45, 2.75) is 4.90 Å². The van der Waals surface area contributed by atoms with E-state index >= 15 is 0 Å². The van der Waals surface area contributed by atoms with Gasteiger partial charge in [0, 0.05) is 27.4 Å². The minimum Gasteiger partial charge on any atom is -0.398 e. The van der Waals surface area contributed by atoms with E-state index < -0.39 is 9.84 Å². The second kappa shape index (κ2) is 5.76. The fourth-order valence-electron chi connectivity index (χ4n) is 2.70. The van der Waals surface area contributed by atoms with E-state index in [2.05, 4.69) is 25.9 Å². The van der Waals surface area contributed by atoms with Crippen LogP contribution in [0.4, 0.5) is 5.69 Å². The number of thiazole rings is 1. The zero-order valence-electron chi connectivity index (χ0n) is 13.0. The number of nitrogens with two attached hydrogens (primary N) is 1. The van der Waals surface area contributed by atoms with E-state index in [0.29, 0.717) is 21.1 Å². The number of hydrogen-bond acceptors (Lipinski definition) is 6. The van der Waals surface area contributed by atoms with Gasteiger partial charge in [0.25, 0.3) is 0 Å². The summed E-state index contributed by atoms with van der Waals surface area (Å²) in [6, 6.07) is 11.0. The maximum atomic E-state index is 11.9. The highest BCUT2D eigenvalue weighted by Gasteiger charge is 2.16. The largest absolute Gasteiger partial charge is 0.398 e. The van der Waals surface area contributed by atoms with E-state index in [1.54, 1.807) is 35.0 Å². The van der Waals surface area contributed by atoms with Gasteiger partial charge in [-0.25, -0.2) is 18.4 Å². The van der Waals surface area contributed by atoms with Crippen molar-refractivity contribution in [1.29, 1.82) is 0 Å². The number of sulfone groups is 1. The summed E-state index contributed by atoms with van der Waals surface area (Å²) in [6.45, 7) is 0. The number of benzene rings is 2. The fraction of sp³-hybridized carbons (Fsp3) is 0.0588. The van der Waals surface area contributed by atoms with Crippen molar-refractivity contribution >= 4 is 63.9 Å². The topological polar surface area (TPSA) is 85.9 Å². The molecule has 0 atom stereocenters. The second-order valence-corrected chi connectivity index (χ2v) is 9.43. The molecule has 0 aliphatic carbocycles. The standard InChI is InChI=1S/C17H12BrN3O2S2/c1-25(22,23)17-5-10-12(19)7-13(21-14(10)6-11(17)18)9-2-3-16-15(4-9)20-8-24-16/h2-8H,1H3,(H2,19,21). The second-order valence-electron chi connectivity index (χ2n) is 5.70. The molecule has 0 saturated carbocycles. The number of pyridine rings is 1. The molecule has 4 aromatic rings. The lowest BCUT2D eigenvalue weighted by Gasteiger charge is -2.10. The minimum absolute atomic E-state index is 0.199. The van der Waals surface area contributed by atoms with Gasteiger partial charge in [-0.1, -0.05) is 6.07 Å². The summed E-state index contributed by atoms with van der Waals surface area (Å²) >= 11 is 4.90. The highest BCUT2D eigenvalue weighted by Crippen LogP contribution is 2.33. The van der Waals surface area contributed by atoms with Crippen molar-refractivity contribution in [3.8, 4) is 11.3 Å². The maximum absolute atomic E-state index is 11.9. The van der Waals surface area contributed by atoms with Crippen molar-refractivity contribution in [1.82, 2.24) is 9.97 Å². The zero-order chi connectivity index (χ0) is 17.8. The number of hydrogen-bond donors (Lipinski definition) is 1. The third-order valence-corrected chi connectivity index (χ3v) is 6.79. The third kappa shape index (κ3) is 2.90. The van der Waals surface area contributed by atoms with Crippen LogP contribution in [0.5, 0.6) is 0 Å². The average molecular weight is 434 g/mol. The lowest BCUT2D eigenvalue weighted by molar-refractivity contribution is 0.601. The van der Waals surface area contributed by atoms with Crippen LogP contribution in [0.25, 0.3) is 32.4 Å². The molecule has 0 fully saturated rings. The molecule has 0 spiro atoms. The van der Waals surface area contributed by atoms with Crippen molar-refractivity contribution in [2.75, 3.05) is 12.0 Å². The van der Waals surface area contributed by atoms with Crippen LogP contribution in [0.3, 0.4) is 0 Å². The molecule has 0 aliphatic rings. The molecule has 0 unspecified atom stereocenters. The van der Waals surface area contributed by atoms with Crippen molar-refractivity contribution in [3.05, 3.63) is 46.4 Å². The Morgan fingerprint density at radius 3 is 2.68 bits per heavy atom. The normalized spacial score (nSPS) is 12.1. The Bertz CT molecular complexity index is 1250. The van der Waals surface area contributed by atoms with Crippen LogP contribution in [0.2, 0.25) is 0 Å². The molecule has 4 rings (SSSR count). The molecule has 0 radical (unpaired) electrons.